The Morgan fingerprint density at radius 3 is 2.30 bits per heavy atom. The Balaban J connectivity index is 2.67. The zero-order chi connectivity index (χ0) is 15.8. The van der Waals surface area contributed by atoms with Gasteiger partial charge in [-0.25, -0.2) is 0 Å². The molecule has 0 aromatic rings. The smallest absolute Gasteiger partial charge is 0.192 e. The topological polar surface area (TPSA) is 26.3 Å². The molecule has 0 aromatic heterocycles. The van der Waals surface area contributed by atoms with E-state index < -0.39 is 8.32 Å². The van der Waals surface area contributed by atoms with Crippen LogP contribution in [0.1, 0.15) is 60.8 Å². The molecule has 3 heteroatoms. The Labute approximate surface area is 126 Å². The molecule has 118 valence electrons. The zero-order valence-electron chi connectivity index (χ0n) is 14.8. The van der Waals surface area contributed by atoms with Crippen molar-refractivity contribution in [2.45, 2.75) is 78.9 Å². The second kappa shape index (κ2) is 5.92. The van der Waals surface area contributed by atoms with Gasteiger partial charge < -0.3 is 4.43 Å². The molecule has 2 atom stereocenters. The van der Waals surface area contributed by atoms with Gasteiger partial charge in [0, 0.05) is 18.4 Å². The van der Waals surface area contributed by atoms with Crippen molar-refractivity contribution in [2.24, 2.45) is 17.3 Å². The fraction of sp³-hybridized carbons (Fsp3) is 0.941. The van der Waals surface area contributed by atoms with E-state index >= 15 is 0 Å². The van der Waals surface area contributed by atoms with Gasteiger partial charge in [0.15, 0.2) is 8.32 Å². The average Bonchev–Trinajstić information content (AvgIpc) is 2.29. The molecule has 0 spiro atoms. The fourth-order valence-corrected chi connectivity index (χ4v) is 3.62. The van der Waals surface area contributed by atoms with Crippen LogP contribution in [0.15, 0.2) is 0 Å². The Kier molecular flexibility index (Phi) is 5.30. The summed E-state index contributed by atoms with van der Waals surface area (Å²) in [5.41, 5.74) is -0.249. The minimum absolute atomic E-state index is 0.210. The maximum Gasteiger partial charge on any atom is 0.192 e. The van der Waals surface area contributed by atoms with Gasteiger partial charge in [0.2, 0.25) is 0 Å². The van der Waals surface area contributed by atoms with Crippen LogP contribution >= 0.6 is 0 Å². The maximum absolute atomic E-state index is 12.5. The van der Waals surface area contributed by atoms with Crippen LogP contribution in [0, 0.1) is 17.3 Å². The normalized spacial score (nSPS) is 29.1. The van der Waals surface area contributed by atoms with E-state index in [0.717, 1.165) is 12.8 Å². The van der Waals surface area contributed by atoms with Crippen molar-refractivity contribution in [3.05, 3.63) is 0 Å². The van der Waals surface area contributed by atoms with E-state index in [-0.39, 0.29) is 10.5 Å². The van der Waals surface area contributed by atoms with Gasteiger partial charge >= 0.3 is 0 Å². The van der Waals surface area contributed by atoms with E-state index in [1.807, 2.05) is 0 Å². The lowest BCUT2D eigenvalue weighted by atomic mass is 9.68. The summed E-state index contributed by atoms with van der Waals surface area (Å²) in [6.45, 7) is 18.5. The summed E-state index contributed by atoms with van der Waals surface area (Å²) in [6, 6.07) is 0. The number of ketones is 1. The summed E-state index contributed by atoms with van der Waals surface area (Å²) in [5.74, 6) is 1.61. The van der Waals surface area contributed by atoms with Crippen LogP contribution in [0.5, 0.6) is 0 Å². The van der Waals surface area contributed by atoms with Gasteiger partial charge in [-0.3, -0.25) is 4.79 Å². The molecule has 0 unspecified atom stereocenters. The third kappa shape index (κ3) is 3.94. The molecule has 1 saturated carbocycles. The van der Waals surface area contributed by atoms with Gasteiger partial charge in [0.05, 0.1) is 0 Å². The van der Waals surface area contributed by atoms with E-state index in [9.17, 15) is 4.79 Å². The van der Waals surface area contributed by atoms with Crippen LogP contribution in [0.3, 0.4) is 0 Å². The van der Waals surface area contributed by atoms with Gasteiger partial charge in [0.1, 0.15) is 5.78 Å². The predicted octanol–water partition coefficient (Wildman–Crippen LogP) is 5.04. The molecule has 0 aliphatic heterocycles. The minimum atomic E-state index is -1.76. The van der Waals surface area contributed by atoms with Crippen LogP contribution in [-0.4, -0.2) is 20.7 Å². The zero-order valence-corrected chi connectivity index (χ0v) is 15.8. The van der Waals surface area contributed by atoms with Gasteiger partial charge in [0.25, 0.3) is 0 Å². The van der Waals surface area contributed by atoms with Crippen molar-refractivity contribution in [1.29, 1.82) is 0 Å². The molecule has 1 rings (SSSR count). The minimum Gasteiger partial charge on any atom is -0.416 e. The van der Waals surface area contributed by atoms with E-state index in [2.05, 4.69) is 54.6 Å². The average molecular weight is 299 g/mol. The molecule has 1 aliphatic carbocycles. The molecule has 0 N–H and O–H groups in total. The van der Waals surface area contributed by atoms with Crippen molar-refractivity contribution < 1.29 is 9.22 Å². The number of hydrogen-bond acceptors (Lipinski definition) is 2. The van der Waals surface area contributed by atoms with Crippen LogP contribution in [-0.2, 0) is 9.22 Å². The Morgan fingerprint density at radius 2 is 1.90 bits per heavy atom. The van der Waals surface area contributed by atoms with Crippen molar-refractivity contribution in [1.82, 2.24) is 0 Å². The highest BCUT2D eigenvalue weighted by atomic mass is 28.4. The quantitative estimate of drug-likeness (QED) is 0.680. The lowest BCUT2D eigenvalue weighted by molar-refractivity contribution is -0.134. The van der Waals surface area contributed by atoms with E-state index in [1.54, 1.807) is 0 Å². The lowest BCUT2D eigenvalue weighted by Crippen LogP contribution is -2.47. The highest BCUT2D eigenvalue weighted by molar-refractivity contribution is 6.74. The van der Waals surface area contributed by atoms with Crippen molar-refractivity contribution in [3.63, 3.8) is 0 Å². The molecule has 0 bridgehead atoms. The SMILES string of the molecule is CC(C)[C@@H]1CC[C@](C)(CO[Si](C)(C)C(C)(C)C)C(=O)C1. The van der Waals surface area contributed by atoms with Gasteiger partial charge in [-0.2, -0.15) is 0 Å². The molecule has 2 nitrogen and oxygen atoms in total. The molecule has 20 heavy (non-hydrogen) atoms. The molecular weight excluding hydrogens is 264 g/mol. The number of carbonyl (C=O) groups excluding carboxylic acids is 1. The third-order valence-electron chi connectivity index (χ3n) is 5.69. The molecule has 0 aromatic carbocycles. The molecule has 0 heterocycles. The number of Topliss-reactive ketones (excluding diaryl/α,β-unsaturated/α-hetero) is 1. The first-order valence-corrected chi connectivity index (χ1v) is 11.0. The van der Waals surface area contributed by atoms with Crippen molar-refractivity contribution in [3.8, 4) is 0 Å². The van der Waals surface area contributed by atoms with Crippen molar-refractivity contribution >= 4 is 14.1 Å². The lowest BCUT2D eigenvalue weighted by Gasteiger charge is -2.42. The van der Waals surface area contributed by atoms with Gasteiger partial charge in [-0.1, -0.05) is 41.5 Å². The fourth-order valence-electron chi connectivity index (χ4n) is 2.51. The Hall–Kier alpha value is -0.153. The van der Waals surface area contributed by atoms with E-state index in [0.29, 0.717) is 24.2 Å². The first-order valence-electron chi connectivity index (χ1n) is 8.06. The number of hydrogen-bond donors (Lipinski definition) is 0. The summed E-state index contributed by atoms with van der Waals surface area (Å²) < 4.78 is 6.32. The third-order valence-corrected chi connectivity index (χ3v) is 10.2. The Morgan fingerprint density at radius 1 is 1.35 bits per heavy atom. The van der Waals surface area contributed by atoms with Crippen LogP contribution in [0.4, 0.5) is 0 Å². The standard InChI is InChI=1S/C17H34O2Si/c1-13(2)14-9-10-17(6,15(18)11-14)12-19-20(7,8)16(3,4)5/h13-14H,9-12H2,1-8H3/t14-,17-/m1/s1. The van der Waals surface area contributed by atoms with Crippen LogP contribution in [0.25, 0.3) is 0 Å². The summed E-state index contributed by atoms with van der Waals surface area (Å²) >= 11 is 0. The van der Waals surface area contributed by atoms with Gasteiger partial charge in [-0.15, -0.1) is 0 Å². The van der Waals surface area contributed by atoms with Gasteiger partial charge in [-0.05, 0) is 42.8 Å². The highest BCUT2D eigenvalue weighted by Crippen LogP contribution is 2.42. The molecule has 1 fully saturated rings. The maximum atomic E-state index is 12.5. The molecule has 0 amide bonds. The second-order valence-electron chi connectivity index (χ2n) is 8.78. The summed E-state index contributed by atoms with van der Waals surface area (Å²) in [4.78, 5) is 12.5. The first-order chi connectivity index (χ1) is 8.89. The number of carbonyl (C=O) groups is 1. The molecular formula is C17H34O2Si. The summed E-state index contributed by atoms with van der Waals surface area (Å²) in [6.07, 6.45) is 2.90. The van der Waals surface area contributed by atoms with Crippen LogP contribution in [0.2, 0.25) is 18.1 Å². The van der Waals surface area contributed by atoms with Crippen LogP contribution < -0.4 is 0 Å². The summed E-state index contributed by atoms with van der Waals surface area (Å²) in [5, 5.41) is 0.210. The van der Waals surface area contributed by atoms with Crippen molar-refractivity contribution in [2.75, 3.05) is 6.61 Å². The van der Waals surface area contributed by atoms with E-state index in [4.69, 9.17) is 4.43 Å². The second-order valence-corrected chi connectivity index (χ2v) is 13.6. The largest absolute Gasteiger partial charge is 0.416 e. The molecule has 0 radical (unpaired) electrons. The Bertz CT molecular complexity index is 354. The van der Waals surface area contributed by atoms with E-state index in [1.165, 1.54) is 6.42 Å². The highest BCUT2D eigenvalue weighted by Gasteiger charge is 2.43. The summed E-state index contributed by atoms with van der Waals surface area (Å²) in [7, 11) is -1.76. The molecule has 1 aliphatic rings. The monoisotopic (exact) mass is 298 g/mol. The first kappa shape index (κ1) is 17.9. The molecule has 0 saturated heterocycles. The number of rotatable bonds is 4. The predicted molar refractivity (Wildman–Crippen MR) is 88.4 cm³/mol.